The zero-order chi connectivity index (χ0) is 12.2. The summed E-state index contributed by atoms with van der Waals surface area (Å²) in [7, 11) is 0. The van der Waals surface area contributed by atoms with Gasteiger partial charge in [-0.3, -0.25) is 10.3 Å². The van der Waals surface area contributed by atoms with E-state index >= 15 is 0 Å². The number of rotatable bonds is 3. The van der Waals surface area contributed by atoms with Gasteiger partial charge in [-0.2, -0.15) is 0 Å². The van der Waals surface area contributed by atoms with E-state index in [1.54, 1.807) is 6.20 Å². The first-order valence-corrected chi connectivity index (χ1v) is 6.24. The highest BCUT2D eigenvalue weighted by molar-refractivity contribution is 5.17. The fourth-order valence-corrected chi connectivity index (χ4v) is 2.24. The standard InChI is InChI=1S/C15H16N2O/c1-2-6-12(7-3-1)10-13-11-18-15(17-13)14-8-4-5-9-16-14/h1-9,13,15,17H,10-11H2/t13-,15+/m0/s1. The van der Waals surface area contributed by atoms with Crippen molar-refractivity contribution in [3.05, 3.63) is 66.0 Å². The third kappa shape index (κ3) is 2.58. The van der Waals surface area contributed by atoms with Gasteiger partial charge in [0.25, 0.3) is 0 Å². The summed E-state index contributed by atoms with van der Waals surface area (Å²) >= 11 is 0. The maximum absolute atomic E-state index is 5.75. The summed E-state index contributed by atoms with van der Waals surface area (Å²) in [4.78, 5) is 4.31. The highest BCUT2D eigenvalue weighted by Crippen LogP contribution is 2.20. The van der Waals surface area contributed by atoms with Gasteiger partial charge in [0.15, 0.2) is 6.23 Å². The SMILES string of the molecule is c1ccc(C[C@H]2CO[C@H](c3ccccn3)N2)cc1. The lowest BCUT2D eigenvalue weighted by atomic mass is 10.1. The Bertz CT molecular complexity index is 486. The van der Waals surface area contributed by atoms with Crippen molar-refractivity contribution in [3.8, 4) is 0 Å². The van der Waals surface area contributed by atoms with E-state index in [0.29, 0.717) is 6.04 Å². The van der Waals surface area contributed by atoms with E-state index in [4.69, 9.17) is 4.74 Å². The summed E-state index contributed by atoms with van der Waals surface area (Å²) in [6.07, 6.45) is 2.72. The Morgan fingerprint density at radius 3 is 2.72 bits per heavy atom. The molecule has 1 saturated heterocycles. The summed E-state index contributed by atoms with van der Waals surface area (Å²) in [5.41, 5.74) is 2.29. The fraction of sp³-hybridized carbons (Fsp3) is 0.267. The van der Waals surface area contributed by atoms with Crippen LogP contribution in [0.25, 0.3) is 0 Å². The molecule has 1 aromatic heterocycles. The van der Waals surface area contributed by atoms with Crippen molar-refractivity contribution in [2.75, 3.05) is 6.61 Å². The van der Waals surface area contributed by atoms with E-state index in [1.165, 1.54) is 5.56 Å². The van der Waals surface area contributed by atoms with Gasteiger partial charge in [-0.15, -0.1) is 0 Å². The molecule has 2 atom stereocenters. The van der Waals surface area contributed by atoms with Gasteiger partial charge in [0.1, 0.15) is 0 Å². The minimum atomic E-state index is -0.0695. The quantitative estimate of drug-likeness (QED) is 0.894. The van der Waals surface area contributed by atoms with Crippen molar-refractivity contribution < 1.29 is 4.74 Å². The number of aromatic nitrogens is 1. The summed E-state index contributed by atoms with van der Waals surface area (Å²) in [6.45, 7) is 0.732. The highest BCUT2D eigenvalue weighted by atomic mass is 16.5. The second-order valence-corrected chi connectivity index (χ2v) is 4.52. The number of pyridine rings is 1. The van der Waals surface area contributed by atoms with Crippen molar-refractivity contribution >= 4 is 0 Å². The van der Waals surface area contributed by atoms with Crippen LogP contribution < -0.4 is 5.32 Å². The van der Waals surface area contributed by atoms with Crippen LogP contribution in [-0.2, 0) is 11.2 Å². The van der Waals surface area contributed by atoms with Crippen LogP contribution in [0.4, 0.5) is 0 Å². The lowest BCUT2D eigenvalue weighted by Gasteiger charge is -2.11. The van der Waals surface area contributed by atoms with Crippen LogP contribution in [0.5, 0.6) is 0 Å². The van der Waals surface area contributed by atoms with Gasteiger partial charge >= 0.3 is 0 Å². The average molecular weight is 240 g/mol. The first-order chi connectivity index (χ1) is 8.92. The molecule has 92 valence electrons. The van der Waals surface area contributed by atoms with E-state index < -0.39 is 0 Å². The predicted molar refractivity (Wildman–Crippen MR) is 70.0 cm³/mol. The maximum atomic E-state index is 5.75. The zero-order valence-electron chi connectivity index (χ0n) is 10.1. The molecule has 1 aromatic carbocycles. The topological polar surface area (TPSA) is 34.1 Å². The molecule has 1 N–H and O–H groups in total. The normalized spacial score (nSPS) is 23.1. The number of hydrogen-bond donors (Lipinski definition) is 1. The van der Waals surface area contributed by atoms with Crippen molar-refractivity contribution in [1.82, 2.24) is 10.3 Å². The van der Waals surface area contributed by atoms with Crippen molar-refractivity contribution in [2.45, 2.75) is 18.7 Å². The molecule has 2 heterocycles. The minimum Gasteiger partial charge on any atom is -0.356 e. The van der Waals surface area contributed by atoms with E-state index in [0.717, 1.165) is 18.7 Å². The van der Waals surface area contributed by atoms with Crippen LogP contribution >= 0.6 is 0 Å². The number of hydrogen-bond acceptors (Lipinski definition) is 3. The molecule has 0 bridgehead atoms. The fourth-order valence-electron chi connectivity index (χ4n) is 2.24. The van der Waals surface area contributed by atoms with Gasteiger partial charge in [-0.05, 0) is 24.1 Å². The second-order valence-electron chi connectivity index (χ2n) is 4.52. The lowest BCUT2D eigenvalue weighted by molar-refractivity contribution is 0.0973. The first kappa shape index (κ1) is 11.4. The van der Waals surface area contributed by atoms with E-state index in [-0.39, 0.29) is 6.23 Å². The van der Waals surface area contributed by atoms with E-state index in [2.05, 4.69) is 34.6 Å². The van der Waals surface area contributed by atoms with Crippen LogP contribution in [0.3, 0.4) is 0 Å². The van der Waals surface area contributed by atoms with E-state index in [1.807, 2.05) is 24.3 Å². The van der Waals surface area contributed by atoms with Crippen molar-refractivity contribution in [3.63, 3.8) is 0 Å². The van der Waals surface area contributed by atoms with Crippen LogP contribution in [-0.4, -0.2) is 17.6 Å². The molecular weight excluding hydrogens is 224 g/mol. The summed E-state index contributed by atoms with van der Waals surface area (Å²) in [5, 5.41) is 3.47. The third-order valence-corrected chi connectivity index (χ3v) is 3.13. The van der Waals surface area contributed by atoms with Crippen LogP contribution in [0.15, 0.2) is 54.7 Å². The Balaban J connectivity index is 1.62. The van der Waals surface area contributed by atoms with Gasteiger partial charge in [0, 0.05) is 12.2 Å². The summed E-state index contributed by atoms with van der Waals surface area (Å²) < 4.78 is 5.75. The van der Waals surface area contributed by atoms with Gasteiger partial charge in [0.2, 0.25) is 0 Å². The largest absolute Gasteiger partial charge is 0.356 e. The Morgan fingerprint density at radius 1 is 1.11 bits per heavy atom. The average Bonchev–Trinajstić information content (AvgIpc) is 2.89. The maximum Gasteiger partial charge on any atom is 0.151 e. The molecule has 0 radical (unpaired) electrons. The Labute approximate surface area is 107 Å². The molecule has 18 heavy (non-hydrogen) atoms. The molecule has 1 aliphatic rings. The summed E-state index contributed by atoms with van der Waals surface area (Å²) in [6, 6.07) is 16.7. The molecule has 2 aromatic rings. The molecule has 0 unspecified atom stereocenters. The lowest BCUT2D eigenvalue weighted by Crippen LogP contribution is -2.28. The molecule has 0 amide bonds. The van der Waals surface area contributed by atoms with Crippen LogP contribution in [0.1, 0.15) is 17.5 Å². The smallest absolute Gasteiger partial charge is 0.151 e. The number of ether oxygens (including phenoxy) is 1. The molecular formula is C15H16N2O. The predicted octanol–water partition coefficient (Wildman–Crippen LogP) is 2.31. The molecule has 0 saturated carbocycles. The summed E-state index contributed by atoms with van der Waals surface area (Å²) in [5.74, 6) is 0. The van der Waals surface area contributed by atoms with Gasteiger partial charge in [-0.25, -0.2) is 0 Å². The molecule has 0 aliphatic carbocycles. The second kappa shape index (κ2) is 5.29. The molecule has 1 fully saturated rings. The molecule has 3 nitrogen and oxygen atoms in total. The Morgan fingerprint density at radius 2 is 1.94 bits per heavy atom. The van der Waals surface area contributed by atoms with Crippen molar-refractivity contribution in [2.24, 2.45) is 0 Å². The van der Waals surface area contributed by atoms with Crippen molar-refractivity contribution in [1.29, 1.82) is 0 Å². The Hall–Kier alpha value is -1.71. The number of nitrogens with zero attached hydrogens (tertiary/aromatic N) is 1. The van der Waals surface area contributed by atoms with Crippen LogP contribution in [0.2, 0.25) is 0 Å². The monoisotopic (exact) mass is 240 g/mol. The minimum absolute atomic E-state index is 0.0695. The zero-order valence-corrected chi connectivity index (χ0v) is 10.1. The molecule has 1 aliphatic heterocycles. The molecule has 3 rings (SSSR count). The molecule has 3 heteroatoms. The molecule has 0 spiro atoms. The van der Waals surface area contributed by atoms with Crippen LogP contribution in [0, 0.1) is 0 Å². The number of benzene rings is 1. The third-order valence-electron chi connectivity index (χ3n) is 3.13. The van der Waals surface area contributed by atoms with E-state index in [9.17, 15) is 0 Å². The van der Waals surface area contributed by atoms with Gasteiger partial charge in [-0.1, -0.05) is 36.4 Å². The number of nitrogens with one attached hydrogen (secondary N) is 1. The first-order valence-electron chi connectivity index (χ1n) is 6.24. The highest BCUT2D eigenvalue weighted by Gasteiger charge is 2.26. The van der Waals surface area contributed by atoms with Gasteiger partial charge < -0.3 is 4.74 Å². The van der Waals surface area contributed by atoms with Gasteiger partial charge in [0.05, 0.1) is 12.3 Å². The Kier molecular flexibility index (Phi) is 3.35.